The second kappa shape index (κ2) is 8.63. The Morgan fingerprint density at radius 1 is 1.22 bits per heavy atom. The highest BCUT2D eigenvalue weighted by Gasteiger charge is 2.51. The van der Waals surface area contributed by atoms with E-state index in [9.17, 15) is 18.0 Å². The Labute approximate surface area is 210 Å². The number of rotatable bonds is 6. The molecule has 1 aromatic heterocycles. The zero-order valence-electron chi connectivity index (χ0n) is 20.1. The van der Waals surface area contributed by atoms with Crippen molar-refractivity contribution in [1.82, 2.24) is 20.1 Å². The van der Waals surface area contributed by atoms with Crippen molar-refractivity contribution in [2.45, 2.75) is 30.7 Å². The zero-order valence-corrected chi connectivity index (χ0v) is 20.1. The molecule has 3 aliphatic heterocycles. The Hall–Kier alpha value is -3.31. The van der Waals surface area contributed by atoms with Crippen LogP contribution < -0.4 is 10.2 Å². The molecule has 0 saturated carbocycles. The number of nitrogens with zero attached hydrogens (tertiary/aromatic N) is 4. The minimum absolute atomic E-state index is 0.0254. The highest BCUT2D eigenvalue weighted by Crippen LogP contribution is 2.46. The van der Waals surface area contributed by atoms with E-state index in [2.05, 4.69) is 15.5 Å². The number of hydrogen-bond acceptors (Lipinski definition) is 5. The quantitative estimate of drug-likeness (QED) is 0.507. The molecular formula is C26H25F4N5O2. The molecule has 2 aromatic carbocycles. The first-order valence-electron chi connectivity index (χ1n) is 12.1. The van der Waals surface area contributed by atoms with Crippen LogP contribution in [0.15, 0.2) is 42.7 Å². The smallest absolute Gasteiger partial charge is 0.379 e. The molecule has 0 unspecified atom stereocenters. The number of aromatic nitrogens is 3. The van der Waals surface area contributed by atoms with Gasteiger partial charge in [-0.25, -0.2) is 4.39 Å². The predicted octanol–water partition coefficient (Wildman–Crippen LogP) is 3.74. The summed E-state index contributed by atoms with van der Waals surface area (Å²) in [6.45, 7) is 1.51. The first-order valence-corrected chi connectivity index (χ1v) is 12.1. The lowest BCUT2D eigenvalue weighted by Crippen LogP contribution is -2.50. The first-order chi connectivity index (χ1) is 17.7. The van der Waals surface area contributed by atoms with E-state index in [1.165, 1.54) is 21.9 Å². The Bertz CT molecular complexity index is 1360. The Morgan fingerprint density at radius 2 is 2.00 bits per heavy atom. The predicted molar refractivity (Wildman–Crippen MR) is 126 cm³/mol. The minimum atomic E-state index is -4.58. The molecule has 1 N–H and O–H groups in total. The van der Waals surface area contributed by atoms with Gasteiger partial charge in [0.25, 0.3) is 5.91 Å². The highest BCUT2D eigenvalue weighted by molar-refractivity contribution is 6.10. The van der Waals surface area contributed by atoms with Gasteiger partial charge in [0.05, 0.1) is 30.7 Å². The van der Waals surface area contributed by atoms with Crippen LogP contribution in [-0.4, -0.2) is 47.0 Å². The van der Waals surface area contributed by atoms with E-state index in [4.69, 9.17) is 4.74 Å². The monoisotopic (exact) mass is 515 g/mol. The van der Waals surface area contributed by atoms with Crippen molar-refractivity contribution in [3.8, 4) is 0 Å². The summed E-state index contributed by atoms with van der Waals surface area (Å²) in [4.78, 5) is 14.8. The highest BCUT2D eigenvalue weighted by atomic mass is 19.4. The molecule has 3 aliphatic rings. The van der Waals surface area contributed by atoms with Crippen molar-refractivity contribution in [1.29, 1.82) is 0 Å². The molecule has 11 heteroatoms. The van der Waals surface area contributed by atoms with Gasteiger partial charge in [-0.1, -0.05) is 12.1 Å². The number of alkyl halides is 4. The Balaban J connectivity index is 1.35. The van der Waals surface area contributed by atoms with Crippen molar-refractivity contribution >= 4 is 11.6 Å². The largest absolute Gasteiger partial charge is 0.416 e. The van der Waals surface area contributed by atoms with Crippen LogP contribution in [0.1, 0.15) is 44.6 Å². The SMILES string of the molecule is Cn1cnnc1[C@H](F)C1(c2cccc(N3Cc4c(cc(CC5CNC5)cc4C(F)(F)F)C3=O)c2)COC1. The molecule has 194 valence electrons. The molecular weight excluding hydrogens is 490 g/mol. The molecule has 0 aliphatic carbocycles. The average Bonchev–Trinajstić information content (AvgIpc) is 3.38. The maximum Gasteiger partial charge on any atom is 0.416 e. The molecule has 1 atom stereocenters. The molecule has 37 heavy (non-hydrogen) atoms. The van der Waals surface area contributed by atoms with Crippen LogP contribution in [0.2, 0.25) is 0 Å². The van der Waals surface area contributed by atoms with Gasteiger partial charge >= 0.3 is 6.18 Å². The molecule has 3 aromatic rings. The summed E-state index contributed by atoms with van der Waals surface area (Å²) >= 11 is 0. The summed E-state index contributed by atoms with van der Waals surface area (Å²) in [5, 5.41) is 10.8. The van der Waals surface area contributed by atoms with E-state index in [1.54, 1.807) is 37.4 Å². The van der Waals surface area contributed by atoms with E-state index in [0.29, 0.717) is 23.2 Å². The fraction of sp³-hybridized carbons (Fsp3) is 0.423. The summed E-state index contributed by atoms with van der Waals surface area (Å²) in [5.74, 6) is -0.0792. The van der Waals surface area contributed by atoms with Crippen LogP contribution in [-0.2, 0) is 36.3 Å². The third-order valence-electron chi connectivity index (χ3n) is 7.71. The summed E-state index contributed by atoms with van der Waals surface area (Å²) in [6.07, 6.45) is -4.20. The van der Waals surface area contributed by atoms with Crippen molar-refractivity contribution in [3.05, 3.63) is 76.4 Å². The lowest BCUT2D eigenvalue weighted by Gasteiger charge is -2.43. The average molecular weight is 516 g/mol. The number of amides is 1. The second-order valence-corrected chi connectivity index (χ2v) is 10.1. The molecule has 0 spiro atoms. The van der Waals surface area contributed by atoms with Crippen molar-refractivity contribution in [2.75, 3.05) is 31.2 Å². The van der Waals surface area contributed by atoms with E-state index < -0.39 is 29.2 Å². The van der Waals surface area contributed by atoms with Gasteiger partial charge in [-0.15, -0.1) is 10.2 Å². The molecule has 2 fully saturated rings. The van der Waals surface area contributed by atoms with Gasteiger partial charge in [-0.05, 0) is 66.4 Å². The van der Waals surface area contributed by atoms with E-state index in [1.807, 2.05) is 0 Å². The molecule has 7 nitrogen and oxygen atoms in total. The number of fused-ring (bicyclic) bond motifs is 1. The Kier molecular flexibility index (Phi) is 5.61. The fourth-order valence-corrected chi connectivity index (χ4v) is 5.41. The molecule has 6 rings (SSSR count). The number of carbonyl (C=O) groups excluding carboxylic acids is 1. The van der Waals surface area contributed by atoms with Crippen LogP contribution in [0.25, 0.3) is 0 Å². The zero-order chi connectivity index (χ0) is 25.9. The number of hydrogen-bond donors (Lipinski definition) is 1. The lowest BCUT2D eigenvalue weighted by molar-refractivity contribution is -0.138. The number of halogens is 4. The maximum absolute atomic E-state index is 15.8. The molecule has 2 saturated heterocycles. The second-order valence-electron chi connectivity index (χ2n) is 10.1. The van der Waals surface area contributed by atoms with Gasteiger partial charge in [-0.3, -0.25) is 4.79 Å². The summed E-state index contributed by atoms with van der Waals surface area (Å²) in [5.41, 5.74) is -0.245. The number of nitrogens with one attached hydrogen (secondary N) is 1. The number of aryl methyl sites for hydroxylation is 1. The topological polar surface area (TPSA) is 72.3 Å². The molecule has 0 radical (unpaired) electrons. The maximum atomic E-state index is 15.8. The van der Waals surface area contributed by atoms with Crippen molar-refractivity contribution in [2.24, 2.45) is 13.0 Å². The van der Waals surface area contributed by atoms with Crippen LogP contribution in [0.3, 0.4) is 0 Å². The van der Waals surface area contributed by atoms with Crippen LogP contribution in [0.5, 0.6) is 0 Å². The third kappa shape index (κ3) is 3.91. The van der Waals surface area contributed by atoms with Crippen molar-refractivity contribution in [3.63, 3.8) is 0 Å². The summed E-state index contributed by atoms with van der Waals surface area (Å²) in [6, 6.07) is 9.54. The number of anilines is 1. The standard InChI is InChI=1S/C26H25F4N5O2/c1-34-14-32-33-23(34)22(27)25(12-37-13-25)17-3-2-4-18(8-17)35-11-20-19(24(35)36)6-15(5-16-9-31-10-16)7-21(20)26(28,29)30/h2-4,6-8,14,16,22,31H,5,9-13H2,1H3/t22-/m0/s1. The third-order valence-corrected chi connectivity index (χ3v) is 7.71. The summed E-state index contributed by atoms with van der Waals surface area (Å²) < 4.78 is 64.8. The fourth-order valence-electron chi connectivity index (χ4n) is 5.41. The Morgan fingerprint density at radius 3 is 2.59 bits per heavy atom. The lowest BCUT2D eigenvalue weighted by atomic mass is 9.74. The molecule has 1 amide bonds. The summed E-state index contributed by atoms with van der Waals surface area (Å²) in [7, 11) is 1.65. The molecule has 4 heterocycles. The number of carbonyl (C=O) groups is 1. The van der Waals surface area contributed by atoms with Gasteiger partial charge in [-0.2, -0.15) is 13.2 Å². The van der Waals surface area contributed by atoms with Crippen LogP contribution in [0, 0.1) is 5.92 Å². The number of benzene rings is 2. The molecule has 0 bridgehead atoms. The van der Waals surface area contributed by atoms with Crippen LogP contribution in [0.4, 0.5) is 23.2 Å². The van der Waals surface area contributed by atoms with Gasteiger partial charge < -0.3 is 19.5 Å². The first kappa shape index (κ1) is 24.1. The van der Waals surface area contributed by atoms with Crippen LogP contribution >= 0.6 is 0 Å². The normalized spacial score (nSPS) is 19.9. The van der Waals surface area contributed by atoms with Gasteiger partial charge in [0.1, 0.15) is 6.33 Å². The number of ether oxygens (including phenoxy) is 1. The van der Waals surface area contributed by atoms with E-state index in [0.717, 1.165) is 13.1 Å². The van der Waals surface area contributed by atoms with Gasteiger partial charge in [0, 0.05) is 18.3 Å². The van der Waals surface area contributed by atoms with Crippen molar-refractivity contribution < 1.29 is 27.1 Å². The van der Waals surface area contributed by atoms with Gasteiger partial charge in [0.15, 0.2) is 12.0 Å². The van der Waals surface area contributed by atoms with E-state index >= 15 is 4.39 Å². The minimum Gasteiger partial charge on any atom is -0.379 e. The van der Waals surface area contributed by atoms with Gasteiger partial charge in [0.2, 0.25) is 0 Å². The van der Waals surface area contributed by atoms with E-state index in [-0.39, 0.29) is 42.6 Å².